The van der Waals surface area contributed by atoms with Crippen LogP contribution in [0.2, 0.25) is 0 Å². The minimum atomic E-state index is -1.11. The van der Waals surface area contributed by atoms with Crippen molar-refractivity contribution in [2.75, 3.05) is 11.9 Å². The van der Waals surface area contributed by atoms with E-state index in [-0.39, 0.29) is 23.8 Å². The first-order valence-electron chi connectivity index (χ1n) is 14.5. The molecule has 0 unspecified atom stereocenters. The molecule has 7 heteroatoms. The number of carbonyl (C=O) groups excluding carboxylic acids is 3. The second-order valence-corrected chi connectivity index (χ2v) is 12.6. The van der Waals surface area contributed by atoms with Crippen LogP contribution in [0.25, 0.3) is 0 Å². The Kier molecular flexibility index (Phi) is 7.42. The number of fused-ring (bicyclic) bond motifs is 1. The van der Waals surface area contributed by atoms with Crippen LogP contribution in [0.1, 0.15) is 78.2 Å². The van der Waals surface area contributed by atoms with Gasteiger partial charge in [0.15, 0.2) is 0 Å². The van der Waals surface area contributed by atoms with E-state index >= 15 is 0 Å². The van der Waals surface area contributed by atoms with Crippen molar-refractivity contribution in [1.29, 1.82) is 0 Å². The molecule has 7 atom stereocenters. The Morgan fingerprint density at radius 2 is 1.79 bits per heavy atom. The van der Waals surface area contributed by atoms with Crippen molar-refractivity contribution in [3.63, 3.8) is 0 Å². The van der Waals surface area contributed by atoms with Gasteiger partial charge in [0.05, 0.1) is 17.9 Å². The maximum absolute atomic E-state index is 14.0. The molecule has 1 aromatic carbocycles. The molecule has 0 aromatic heterocycles. The Morgan fingerprint density at radius 1 is 1.08 bits per heavy atom. The van der Waals surface area contributed by atoms with Crippen molar-refractivity contribution < 1.29 is 19.1 Å². The maximum Gasteiger partial charge on any atom is 0.246 e. The molecule has 2 bridgehead atoms. The predicted octanol–water partition coefficient (Wildman–Crippen LogP) is 4.64. The fourth-order valence-electron chi connectivity index (χ4n) is 6.87. The molecule has 2 N–H and O–H groups in total. The smallest absolute Gasteiger partial charge is 0.246 e. The highest BCUT2D eigenvalue weighted by atomic mass is 16.5. The van der Waals surface area contributed by atoms with Gasteiger partial charge >= 0.3 is 0 Å². The van der Waals surface area contributed by atoms with Crippen molar-refractivity contribution in [2.24, 2.45) is 23.7 Å². The summed E-state index contributed by atoms with van der Waals surface area (Å²) in [5.41, 5.74) is 0.786. The van der Waals surface area contributed by atoms with Crippen LogP contribution >= 0.6 is 0 Å². The van der Waals surface area contributed by atoms with E-state index in [2.05, 4.69) is 45.3 Å². The number of benzene rings is 1. The van der Waals surface area contributed by atoms with Crippen molar-refractivity contribution in [3.05, 3.63) is 42.0 Å². The van der Waals surface area contributed by atoms with Gasteiger partial charge in [-0.05, 0) is 54.7 Å². The van der Waals surface area contributed by atoms with Gasteiger partial charge in [-0.1, -0.05) is 71.7 Å². The first-order valence-corrected chi connectivity index (χ1v) is 14.5. The summed E-state index contributed by atoms with van der Waals surface area (Å²) < 4.78 is 6.47. The predicted molar refractivity (Wildman–Crippen MR) is 147 cm³/mol. The highest BCUT2D eigenvalue weighted by molar-refractivity contribution is 6.02. The molecule has 206 valence electrons. The lowest BCUT2D eigenvalue weighted by Crippen LogP contribution is -2.57. The monoisotopic (exact) mass is 521 g/mol. The van der Waals surface area contributed by atoms with Gasteiger partial charge in [-0.3, -0.25) is 14.4 Å². The fourth-order valence-corrected chi connectivity index (χ4v) is 6.87. The zero-order valence-electron chi connectivity index (χ0n) is 23.4. The number of hydrogen-bond acceptors (Lipinski definition) is 4. The molecular formula is C31H43N3O4. The van der Waals surface area contributed by atoms with Gasteiger partial charge < -0.3 is 20.3 Å². The van der Waals surface area contributed by atoms with Crippen LogP contribution in [0.3, 0.4) is 0 Å². The van der Waals surface area contributed by atoms with Crippen molar-refractivity contribution >= 4 is 23.4 Å². The Morgan fingerprint density at radius 3 is 2.45 bits per heavy atom. The Bertz CT molecular complexity index is 1100. The van der Waals surface area contributed by atoms with E-state index in [0.29, 0.717) is 30.0 Å². The molecule has 1 aliphatic carbocycles. The normalized spacial score (nSPS) is 33.8. The highest BCUT2D eigenvalue weighted by Gasteiger charge is 2.72. The average Bonchev–Trinajstić information content (AvgIpc) is 3.51. The summed E-state index contributed by atoms with van der Waals surface area (Å²) >= 11 is 0. The topological polar surface area (TPSA) is 87.7 Å². The van der Waals surface area contributed by atoms with Gasteiger partial charge in [0.25, 0.3) is 0 Å². The minimum Gasteiger partial charge on any atom is -0.359 e. The lowest BCUT2D eigenvalue weighted by Gasteiger charge is -2.36. The number of amides is 3. The van der Waals surface area contributed by atoms with Crippen LogP contribution in [-0.2, 0) is 19.1 Å². The average molecular weight is 522 g/mol. The third-order valence-corrected chi connectivity index (χ3v) is 9.16. The van der Waals surface area contributed by atoms with E-state index in [0.717, 1.165) is 25.7 Å². The van der Waals surface area contributed by atoms with Gasteiger partial charge in [-0.15, -0.1) is 0 Å². The van der Waals surface area contributed by atoms with E-state index in [1.807, 2.05) is 36.4 Å². The van der Waals surface area contributed by atoms with E-state index in [9.17, 15) is 14.4 Å². The SMILES string of the molecule is CC(C)CCN1C(=O)[C@@H]2[C@H](C(=O)Nc3ccc(C(C)C)cc3)[C@@H]3C=C[C@@]2(O3)[C@@H]1C(=O)N[C@H]1CCCC[C@H]1C. The van der Waals surface area contributed by atoms with Crippen LogP contribution in [-0.4, -0.2) is 53.0 Å². The summed E-state index contributed by atoms with van der Waals surface area (Å²) in [6.45, 7) is 11.1. The lowest BCUT2D eigenvalue weighted by molar-refractivity contribution is -0.141. The Balaban J connectivity index is 1.41. The first kappa shape index (κ1) is 26.9. The minimum absolute atomic E-state index is 0.101. The van der Waals surface area contributed by atoms with Crippen LogP contribution in [0.5, 0.6) is 0 Å². The Hall–Kier alpha value is -2.67. The molecule has 7 nitrogen and oxygen atoms in total. The molecule has 3 heterocycles. The summed E-state index contributed by atoms with van der Waals surface area (Å²) in [5.74, 6) is -0.741. The molecule has 3 amide bonds. The number of rotatable bonds is 8. The van der Waals surface area contributed by atoms with Crippen LogP contribution in [0.4, 0.5) is 5.69 Å². The number of anilines is 1. The first-order chi connectivity index (χ1) is 18.1. The summed E-state index contributed by atoms with van der Waals surface area (Å²) in [4.78, 5) is 43.2. The summed E-state index contributed by atoms with van der Waals surface area (Å²) in [6.07, 6.45) is 8.37. The number of carbonyl (C=O) groups is 3. The van der Waals surface area contributed by atoms with Gasteiger partial charge in [0.2, 0.25) is 17.7 Å². The van der Waals surface area contributed by atoms with E-state index in [4.69, 9.17) is 4.74 Å². The van der Waals surface area contributed by atoms with E-state index < -0.39 is 29.6 Å². The number of hydrogen-bond donors (Lipinski definition) is 2. The number of likely N-dealkylation sites (tertiary alicyclic amines) is 1. The molecule has 1 spiro atoms. The standard InChI is InChI=1S/C31H43N3O4/c1-18(2)15-17-34-27(29(36)33-23-9-7-6-8-20(23)5)31-16-14-24(38-31)25(26(31)30(34)37)28(35)32-22-12-10-21(11-13-22)19(3)4/h10-14,16,18-20,23-27H,6-9,15,17H2,1-5H3,(H,32,35)(H,33,36)/t20-,23+,24+,25-,26+,27+,31+/m1/s1. The number of nitrogens with one attached hydrogen (secondary N) is 2. The van der Waals surface area contributed by atoms with Crippen molar-refractivity contribution in [3.8, 4) is 0 Å². The zero-order chi connectivity index (χ0) is 27.2. The molecule has 2 saturated heterocycles. The molecule has 1 saturated carbocycles. The second kappa shape index (κ2) is 10.5. The number of nitrogens with zero attached hydrogens (tertiary/aromatic N) is 1. The Labute approximate surface area is 226 Å². The highest BCUT2D eigenvalue weighted by Crippen LogP contribution is 2.55. The molecule has 3 fully saturated rings. The van der Waals surface area contributed by atoms with Gasteiger partial charge in [-0.2, -0.15) is 0 Å². The van der Waals surface area contributed by atoms with Crippen LogP contribution < -0.4 is 10.6 Å². The lowest BCUT2D eigenvalue weighted by atomic mass is 9.74. The quantitative estimate of drug-likeness (QED) is 0.488. The third-order valence-electron chi connectivity index (χ3n) is 9.16. The zero-order valence-corrected chi connectivity index (χ0v) is 23.4. The van der Waals surface area contributed by atoms with Crippen molar-refractivity contribution in [2.45, 2.75) is 96.4 Å². The van der Waals surface area contributed by atoms with Gasteiger partial charge in [0, 0.05) is 18.3 Å². The van der Waals surface area contributed by atoms with Crippen LogP contribution in [0, 0.1) is 23.7 Å². The van der Waals surface area contributed by atoms with Gasteiger partial charge in [-0.25, -0.2) is 0 Å². The molecule has 3 aliphatic heterocycles. The van der Waals surface area contributed by atoms with Gasteiger partial charge in [0.1, 0.15) is 11.6 Å². The van der Waals surface area contributed by atoms with Crippen LogP contribution in [0.15, 0.2) is 36.4 Å². The third kappa shape index (κ3) is 4.67. The summed E-state index contributed by atoms with van der Waals surface area (Å²) in [7, 11) is 0. The molecule has 4 aliphatic rings. The van der Waals surface area contributed by atoms with Crippen molar-refractivity contribution in [1.82, 2.24) is 10.2 Å². The molecule has 5 rings (SSSR count). The second-order valence-electron chi connectivity index (χ2n) is 12.6. The maximum atomic E-state index is 14.0. The largest absolute Gasteiger partial charge is 0.359 e. The molecule has 0 radical (unpaired) electrons. The molecule has 38 heavy (non-hydrogen) atoms. The molecular weight excluding hydrogens is 478 g/mol. The fraction of sp³-hybridized carbons (Fsp3) is 0.645. The van der Waals surface area contributed by atoms with E-state index in [1.165, 1.54) is 12.0 Å². The molecule has 1 aromatic rings. The summed E-state index contributed by atoms with van der Waals surface area (Å²) in [5, 5.41) is 6.31. The van der Waals surface area contributed by atoms with E-state index in [1.54, 1.807) is 4.90 Å². The summed E-state index contributed by atoms with van der Waals surface area (Å²) in [6, 6.07) is 7.17. The number of ether oxygens (including phenoxy) is 1.